The Labute approximate surface area is 169 Å². The monoisotopic (exact) mass is 398 g/mol. The van der Waals surface area contributed by atoms with Gasteiger partial charge in [-0.2, -0.15) is 0 Å². The maximum atomic E-state index is 12.8. The molecule has 148 valence electrons. The molecule has 0 radical (unpaired) electrons. The third kappa shape index (κ3) is 3.78. The summed E-state index contributed by atoms with van der Waals surface area (Å²) in [5.41, 5.74) is 2.98. The molecule has 0 unspecified atom stereocenters. The standard InChI is InChI=1S/C22H26N2O3S/c1-14-11-17(27-2)6-7-18(14)23-21(25)15-5-8-19-16(12-15)13-20(28-19)22(26)24-9-3-4-10-24/h6-7,11,13,15H,3-5,8-10,12H2,1-2H3,(H,23,25)/t15-/m0/s1. The highest BCUT2D eigenvalue weighted by molar-refractivity contribution is 7.14. The lowest BCUT2D eigenvalue weighted by molar-refractivity contribution is -0.120. The first-order valence-electron chi connectivity index (χ1n) is 9.91. The second-order valence-corrected chi connectivity index (χ2v) is 8.80. The zero-order valence-corrected chi connectivity index (χ0v) is 17.2. The number of hydrogen-bond donors (Lipinski definition) is 1. The van der Waals surface area contributed by atoms with Crippen molar-refractivity contribution >= 4 is 28.8 Å². The van der Waals surface area contributed by atoms with Crippen LogP contribution in [0.5, 0.6) is 5.75 Å². The molecule has 5 nitrogen and oxygen atoms in total. The molecular weight excluding hydrogens is 372 g/mol. The van der Waals surface area contributed by atoms with Crippen LogP contribution in [0.1, 0.15) is 44.9 Å². The van der Waals surface area contributed by atoms with Crippen LogP contribution in [0.15, 0.2) is 24.3 Å². The van der Waals surface area contributed by atoms with Crippen molar-refractivity contribution in [2.24, 2.45) is 5.92 Å². The highest BCUT2D eigenvalue weighted by Crippen LogP contribution is 2.34. The molecule has 0 bridgehead atoms. The normalized spacial score (nSPS) is 18.6. The number of hydrogen-bond acceptors (Lipinski definition) is 4. The molecule has 2 aromatic rings. The summed E-state index contributed by atoms with van der Waals surface area (Å²) in [5, 5.41) is 3.07. The maximum absolute atomic E-state index is 12.8. The number of thiophene rings is 1. The average Bonchev–Trinajstić information content (AvgIpc) is 3.38. The summed E-state index contributed by atoms with van der Waals surface area (Å²) in [5.74, 6) is 0.939. The number of rotatable bonds is 4. The SMILES string of the molecule is COc1ccc(NC(=O)[C@H]2CCc3sc(C(=O)N4CCCC4)cc3C2)c(C)c1. The molecule has 2 aliphatic rings. The number of likely N-dealkylation sites (tertiary alicyclic amines) is 1. The van der Waals surface area contributed by atoms with Crippen molar-refractivity contribution in [1.29, 1.82) is 0 Å². The first-order valence-corrected chi connectivity index (χ1v) is 10.7. The van der Waals surface area contributed by atoms with E-state index in [1.807, 2.05) is 36.1 Å². The van der Waals surface area contributed by atoms with Crippen molar-refractivity contribution in [3.8, 4) is 5.75 Å². The number of carbonyl (C=O) groups excluding carboxylic acids is 2. The number of aryl methyl sites for hydroxylation is 2. The highest BCUT2D eigenvalue weighted by atomic mass is 32.1. The molecule has 2 amide bonds. The molecular formula is C22H26N2O3S. The predicted molar refractivity (Wildman–Crippen MR) is 111 cm³/mol. The fraction of sp³-hybridized carbons (Fsp3) is 0.455. The molecule has 1 aromatic carbocycles. The van der Waals surface area contributed by atoms with Crippen molar-refractivity contribution in [1.82, 2.24) is 4.90 Å². The van der Waals surface area contributed by atoms with Gasteiger partial charge in [0.15, 0.2) is 0 Å². The van der Waals surface area contributed by atoms with Crippen LogP contribution in [0.4, 0.5) is 5.69 Å². The summed E-state index contributed by atoms with van der Waals surface area (Å²) >= 11 is 1.62. The number of nitrogens with zero attached hydrogens (tertiary/aromatic N) is 1. The Balaban J connectivity index is 1.43. The topological polar surface area (TPSA) is 58.6 Å². The first kappa shape index (κ1) is 19.0. The van der Waals surface area contributed by atoms with E-state index in [0.29, 0.717) is 6.42 Å². The summed E-state index contributed by atoms with van der Waals surface area (Å²) in [6.45, 7) is 3.70. The highest BCUT2D eigenvalue weighted by Gasteiger charge is 2.29. The molecule has 1 aliphatic carbocycles. The summed E-state index contributed by atoms with van der Waals surface area (Å²) in [6.07, 6.45) is 4.60. The molecule has 4 rings (SSSR count). The van der Waals surface area contributed by atoms with Gasteiger partial charge in [0.2, 0.25) is 5.91 Å². The summed E-state index contributed by atoms with van der Waals surface area (Å²) in [7, 11) is 1.64. The van der Waals surface area contributed by atoms with Gasteiger partial charge in [-0.05, 0) is 74.4 Å². The van der Waals surface area contributed by atoms with Crippen LogP contribution in [0.2, 0.25) is 0 Å². The molecule has 28 heavy (non-hydrogen) atoms. The van der Waals surface area contributed by atoms with Crippen molar-refractivity contribution in [2.45, 2.75) is 39.0 Å². The lowest BCUT2D eigenvalue weighted by Crippen LogP contribution is -2.28. The summed E-state index contributed by atoms with van der Waals surface area (Å²) < 4.78 is 5.23. The molecule has 2 heterocycles. The average molecular weight is 399 g/mol. The second-order valence-electron chi connectivity index (χ2n) is 7.67. The Morgan fingerprint density at radius 2 is 2.00 bits per heavy atom. The van der Waals surface area contributed by atoms with Gasteiger partial charge in [-0.3, -0.25) is 9.59 Å². The van der Waals surface area contributed by atoms with E-state index in [-0.39, 0.29) is 17.7 Å². The van der Waals surface area contributed by atoms with Gasteiger partial charge in [-0.15, -0.1) is 11.3 Å². The smallest absolute Gasteiger partial charge is 0.263 e. The fourth-order valence-corrected chi connectivity index (χ4v) is 5.24. The predicted octanol–water partition coefficient (Wildman–Crippen LogP) is 4.04. The number of amides is 2. The van der Waals surface area contributed by atoms with E-state index in [4.69, 9.17) is 4.74 Å². The second kappa shape index (κ2) is 7.95. The van der Waals surface area contributed by atoms with E-state index in [9.17, 15) is 9.59 Å². The van der Waals surface area contributed by atoms with Crippen LogP contribution in [0, 0.1) is 12.8 Å². The number of fused-ring (bicyclic) bond motifs is 1. The summed E-state index contributed by atoms with van der Waals surface area (Å²) in [6, 6.07) is 7.69. The van der Waals surface area contributed by atoms with Gasteiger partial charge in [0, 0.05) is 29.6 Å². The van der Waals surface area contributed by atoms with Gasteiger partial charge in [0.05, 0.1) is 12.0 Å². The third-order valence-corrected chi connectivity index (χ3v) is 6.97. The first-order chi connectivity index (χ1) is 13.5. The van der Waals surface area contributed by atoms with Crippen LogP contribution in [0.3, 0.4) is 0 Å². The van der Waals surface area contributed by atoms with Crippen molar-refractivity contribution < 1.29 is 14.3 Å². The van der Waals surface area contributed by atoms with Gasteiger partial charge >= 0.3 is 0 Å². The van der Waals surface area contributed by atoms with Crippen LogP contribution in [0.25, 0.3) is 0 Å². The van der Waals surface area contributed by atoms with E-state index in [2.05, 4.69) is 5.32 Å². The lowest BCUT2D eigenvalue weighted by Gasteiger charge is -2.22. The van der Waals surface area contributed by atoms with Gasteiger partial charge in [-0.25, -0.2) is 0 Å². The molecule has 1 N–H and O–H groups in total. The Morgan fingerprint density at radius 1 is 1.21 bits per heavy atom. The van der Waals surface area contributed by atoms with Crippen molar-refractivity contribution in [2.75, 3.05) is 25.5 Å². The van der Waals surface area contributed by atoms with Crippen LogP contribution >= 0.6 is 11.3 Å². The van der Waals surface area contributed by atoms with Crippen LogP contribution in [-0.4, -0.2) is 36.9 Å². The quantitative estimate of drug-likeness (QED) is 0.845. The molecule has 1 saturated heterocycles. The van der Waals surface area contributed by atoms with Crippen molar-refractivity contribution in [3.05, 3.63) is 45.1 Å². The number of carbonyl (C=O) groups is 2. The van der Waals surface area contributed by atoms with Gasteiger partial charge in [0.1, 0.15) is 5.75 Å². The Kier molecular flexibility index (Phi) is 5.40. The van der Waals surface area contributed by atoms with Crippen molar-refractivity contribution in [3.63, 3.8) is 0 Å². The Bertz CT molecular complexity index is 899. The van der Waals surface area contributed by atoms with E-state index in [1.165, 1.54) is 10.4 Å². The maximum Gasteiger partial charge on any atom is 0.263 e. The molecule has 1 atom stereocenters. The zero-order chi connectivity index (χ0) is 19.7. The number of nitrogens with one attached hydrogen (secondary N) is 1. The molecule has 1 fully saturated rings. The Hall–Kier alpha value is -2.34. The van der Waals surface area contributed by atoms with Crippen LogP contribution in [-0.2, 0) is 17.6 Å². The molecule has 1 aliphatic heterocycles. The number of benzene rings is 1. The minimum atomic E-state index is -0.0571. The third-order valence-electron chi connectivity index (χ3n) is 5.75. The molecule has 0 saturated carbocycles. The van der Waals surface area contributed by atoms with E-state index < -0.39 is 0 Å². The van der Waals surface area contributed by atoms with Gasteiger partial charge in [-0.1, -0.05) is 0 Å². The van der Waals surface area contributed by atoms with E-state index in [1.54, 1.807) is 18.4 Å². The van der Waals surface area contributed by atoms with E-state index in [0.717, 1.165) is 60.7 Å². The molecule has 6 heteroatoms. The summed E-state index contributed by atoms with van der Waals surface area (Å²) in [4.78, 5) is 29.5. The number of ether oxygens (including phenoxy) is 1. The Morgan fingerprint density at radius 3 is 2.71 bits per heavy atom. The van der Waals surface area contributed by atoms with Crippen LogP contribution < -0.4 is 10.1 Å². The van der Waals surface area contributed by atoms with E-state index >= 15 is 0 Å². The molecule has 0 spiro atoms. The number of methoxy groups -OCH3 is 1. The van der Waals surface area contributed by atoms with Gasteiger partial charge < -0.3 is 15.0 Å². The lowest BCUT2D eigenvalue weighted by atomic mass is 9.87. The minimum Gasteiger partial charge on any atom is -0.497 e. The number of anilines is 1. The minimum absolute atomic E-state index is 0.0533. The zero-order valence-electron chi connectivity index (χ0n) is 16.4. The van der Waals surface area contributed by atoms with Gasteiger partial charge in [0.25, 0.3) is 5.91 Å². The molecule has 1 aromatic heterocycles. The fourth-order valence-electron chi connectivity index (χ4n) is 4.07. The largest absolute Gasteiger partial charge is 0.497 e.